The lowest BCUT2D eigenvalue weighted by atomic mass is 10.1. The van der Waals surface area contributed by atoms with Crippen LogP contribution in [0, 0.1) is 6.92 Å². The summed E-state index contributed by atoms with van der Waals surface area (Å²) in [5, 5.41) is 4.91. The van der Waals surface area contributed by atoms with Crippen LogP contribution in [0.5, 0.6) is 0 Å². The Balaban J connectivity index is 2.00. The van der Waals surface area contributed by atoms with Gasteiger partial charge in [0.1, 0.15) is 5.58 Å². The maximum atomic E-state index is 11.3. The van der Waals surface area contributed by atoms with Crippen LogP contribution < -0.4 is 10.9 Å². The molecule has 0 fully saturated rings. The highest BCUT2D eigenvalue weighted by Crippen LogP contribution is 2.24. The molecule has 2 aromatic carbocycles. The average molecular weight is 286 g/mol. The maximum absolute atomic E-state index is 11.3. The largest absolute Gasteiger partial charge is 0.423 e. The summed E-state index contributed by atoms with van der Waals surface area (Å²) in [6.07, 6.45) is 0. The Morgan fingerprint density at radius 1 is 1.00 bits per heavy atom. The molecule has 0 radical (unpaired) electrons. The van der Waals surface area contributed by atoms with Crippen molar-refractivity contribution in [3.05, 3.63) is 69.5 Å². The van der Waals surface area contributed by atoms with Crippen LogP contribution in [-0.4, -0.2) is 0 Å². The number of aryl methyl sites for hydroxylation is 1. The van der Waals surface area contributed by atoms with Gasteiger partial charge in [-0.15, -0.1) is 0 Å². The number of anilines is 2. The van der Waals surface area contributed by atoms with Crippen molar-refractivity contribution in [2.24, 2.45) is 0 Å². The van der Waals surface area contributed by atoms with Crippen LogP contribution in [-0.2, 0) is 0 Å². The second kappa shape index (κ2) is 5.02. The molecule has 0 amide bonds. The molecule has 3 aromatic rings. The molecule has 0 aliphatic heterocycles. The second-order valence-electron chi connectivity index (χ2n) is 4.59. The molecule has 1 N–H and O–H groups in total. The van der Waals surface area contributed by atoms with Crippen molar-refractivity contribution in [3.8, 4) is 0 Å². The van der Waals surface area contributed by atoms with Gasteiger partial charge in [-0.05, 0) is 55.0 Å². The van der Waals surface area contributed by atoms with Crippen molar-refractivity contribution in [2.75, 3.05) is 5.32 Å². The van der Waals surface area contributed by atoms with E-state index in [2.05, 4.69) is 5.32 Å². The smallest absolute Gasteiger partial charge is 0.336 e. The van der Waals surface area contributed by atoms with E-state index in [1.807, 2.05) is 43.3 Å². The fraction of sp³-hybridized carbons (Fsp3) is 0.0625. The molecule has 0 saturated heterocycles. The molecule has 0 unspecified atom stereocenters. The number of rotatable bonds is 2. The van der Waals surface area contributed by atoms with Gasteiger partial charge in [0.2, 0.25) is 0 Å². The minimum atomic E-state index is -0.326. The Morgan fingerprint density at radius 3 is 2.45 bits per heavy atom. The lowest BCUT2D eigenvalue weighted by molar-refractivity contribution is 0.560. The molecule has 0 spiro atoms. The quantitative estimate of drug-likeness (QED) is 0.705. The molecule has 0 saturated carbocycles. The van der Waals surface area contributed by atoms with E-state index in [9.17, 15) is 4.79 Å². The van der Waals surface area contributed by atoms with Crippen molar-refractivity contribution < 1.29 is 4.42 Å². The van der Waals surface area contributed by atoms with Gasteiger partial charge in [-0.2, -0.15) is 0 Å². The van der Waals surface area contributed by atoms with Crippen molar-refractivity contribution in [1.29, 1.82) is 0 Å². The Kier molecular flexibility index (Phi) is 3.20. The Morgan fingerprint density at radius 2 is 1.70 bits per heavy atom. The van der Waals surface area contributed by atoms with E-state index >= 15 is 0 Å². The van der Waals surface area contributed by atoms with Gasteiger partial charge in [-0.25, -0.2) is 4.79 Å². The second-order valence-corrected chi connectivity index (χ2v) is 5.03. The Labute approximate surface area is 120 Å². The van der Waals surface area contributed by atoms with Gasteiger partial charge in [0.25, 0.3) is 0 Å². The van der Waals surface area contributed by atoms with Crippen molar-refractivity contribution in [3.63, 3.8) is 0 Å². The summed E-state index contributed by atoms with van der Waals surface area (Å²) in [6.45, 7) is 1.89. The number of halogens is 1. The Bertz CT molecular complexity index is 822. The first-order valence-corrected chi connectivity index (χ1v) is 6.57. The van der Waals surface area contributed by atoms with E-state index in [4.69, 9.17) is 16.0 Å². The molecule has 3 rings (SSSR count). The Hall–Kier alpha value is -2.26. The molecule has 0 aliphatic carbocycles. The SMILES string of the molecule is Cc1cc(=O)oc2ccc(Nc3ccc(Cl)cc3)cc12. The van der Waals surface area contributed by atoms with Gasteiger partial charge in [0.05, 0.1) is 0 Å². The summed E-state index contributed by atoms with van der Waals surface area (Å²) in [4.78, 5) is 11.3. The van der Waals surface area contributed by atoms with Crippen molar-refractivity contribution >= 4 is 33.9 Å². The number of hydrogen-bond acceptors (Lipinski definition) is 3. The summed E-state index contributed by atoms with van der Waals surface area (Å²) in [7, 11) is 0. The van der Waals surface area contributed by atoms with Gasteiger partial charge in [0, 0.05) is 27.8 Å². The average Bonchev–Trinajstić information content (AvgIpc) is 2.42. The monoisotopic (exact) mass is 285 g/mol. The minimum absolute atomic E-state index is 0.326. The zero-order chi connectivity index (χ0) is 14.1. The predicted octanol–water partition coefficient (Wildman–Crippen LogP) is 4.50. The van der Waals surface area contributed by atoms with Gasteiger partial charge < -0.3 is 9.73 Å². The fourth-order valence-electron chi connectivity index (χ4n) is 2.10. The van der Waals surface area contributed by atoms with E-state index in [0.717, 1.165) is 22.3 Å². The lowest BCUT2D eigenvalue weighted by Crippen LogP contribution is -1.98. The molecular formula is C16H12ClNO2. The maximum Gasteiger partial charge on any atom is 0.336 e. The topological polar surface area (TPSA) is 42.2 Å². The van der Waals surface area contributed by atoms with E-state index in [0.29, 0.717) is 10.6 Å². The molecule has 0 aliphatic rings. The molecule has 0 bridgehead atoms. The molecule has 20 heavy (non-hydrogen) atoms. The van der Waals surface area contributed by atoms with E-state index in [1.54, 1.807) is 6.07 Å². The van der Waals surface area contributed by atoms with Crippen LogP contribution in [0.15, 0.2) is 57.7 Å². The van der Waals surface area contributed by atoms with Crippen LogP contribution in [0.4, 0.5) is 11.4 Å². The molecule has 0 atom stereocenters. The molecular weight excluding hydrogens is 274 g/mol. The lowest BCUT2D eigenvalue weighted by Gasteiger charge is -2.08. The van der Waals surface area contributed by atoms with E-state index < -0.39 is 0 Å². The molecule has 100 valence electrons. The van der Waals surface area contributed by atoms with E-state index in [-0.39, 0.29) is 5.63 Å². The summed E-state index contributed by atoms with van der Waals surface area (Å²) < 4.78 is 5.16. The summed E-state index contributed by atoms with van der Waals surface area (Å²) in [5.41, 5.74) is 3.04. The van der Waals surface area contributed by atoms with Gasteiger partial charge in [-0.3, -0.25) is 0 Å². The number of benzene rings is 2. The first-order valence-electron chi connectivity index (χ1n) is 6.19. The van der Waals surface area contributed by atoms with Crippen LogP contribution >= 0.6 is 11.6 Å². The summed E-state index contributed by atoms with van der Waals surface area (Å²) in [6, 6.07) is 14.6. The fourth-order valence-corrected chi connectivity index (χ4v) is 2.22. The van der Waals surface area contributed by atoms with Crippen molar-refractivity contribution in [2.45, 2.75) is 6.92 Å². The van der Waals surface area contributed by atoms with Crippen molar-refractivity contribution in [1.82, 2.24) is 0 Å². The zero-order valence-electron chi connectivity index (χ0n) is 10.8. The van der Waals surface area contributed by atoms with Gasteiger partial charge in [-0.1, -0.05) is 11.6 Å². The highest BCUT2D eigenvalue weighted by molar-refractivity contribution is 6.30. The molecule has 4 heteroatoms. The third-order valence-corrected chi connectivity index (χ3v) is 3.33. The number of nitrogens with one attached hydrogen (secondary N) is 1. The van der Waals surface area contributed by atoms with Crippen LogP contribution in [0.3, 0.4) is 0 Å². The third-order valence-electron chi connectivity index (χ3n) is 3.08. The third kappa shape index (κ3) is 2.53. The first kappa shape index (κ1) is 12.8. The van der Waals surface area contributed by atoms with Gasteiger partial charge in [0.15, 0.2) is 0 Å². The van der Waals surface area contributed by atoms with Crippen LogP contribution in [0.25, 0.3) is 11.0 Å². The summed E-state index contributed by atoms with van der Waals surface area (Å²) in [5.74, 6) is 0. The number of hydrogen-bond donors (Lipinski definition) is 1. The van der Waals surface area contributed by atoms with Crippen LogP contribution in [0.2, 0.25) is 5.02 Å². The molecule has 3 nitrogen and oxygen atoms in total. The summed E-state index contributed by atoms with van der Waals surface area (Å²) >= 11 is 5.86. The highest BCUT2D eigenvalue weighted by atomic mass is 35.5. The minimum Gasteiger partial charge on any atom is -0.423 e. The first-order chi connectivity index (χ1) is 9.61. The standard InChI is InChI=1S/C16H12ClNO2/c1-10-8-16(19)20-15-7-6-13(9-14(10)15)18-12-4-2-11(17)3-5-12/h2-9,18H,1H3. The molecule has 1 aromatic heterocycles. The van der Waals surface area contributed by atoms with E-state index in [1.165, 1.54) is 6.07 Å². The number of fused-ring (bicyclic) bond motifs is 1. The van der Waals surface area contributed by atoms with Gasteiger partial charge >= 0.3 is 5.63 Å². The normalized spacial score (nSPS) is 10.7. The van der Waals surface area contributed by atoms with Crippen LogP contribution in [0.1, 0.15) is 5.56 Å². The highest BCUT2D eigenvalue weighted by Gasteiger charge is 2.03. The predicted molar refractivity (Wildman–Crippen MR) is 82.0 cm³/mol. The zero-order valence-corrected chi connectivity index (χ0v) is 11.6. The molecule has 1 heterocycles.